The number of primary amides is 1. The van der Waals surface area contributed by atoms with Gasteiger partial charge < -0.3 is 20.9 Å². The van der Waals surface area contributed by atoms with Gasteiger partial charge in [-0.05, 0) is 12.1 Å². The van der Waals surface area contributed by atoms with E-state index in [1.54, 1.807) is 29.6 Å². The van der Waals surface area contributed by atoms with Crippen molar-refractivity contribution in [3.8, 4) is 5.75 Å². The van der Waals surface area contributed by atoms with Gasteiger partial charge in [-0.3, -0.25) is 14.9 Å². The molecule has 5 N–H and O–H groups in total. The van der Waals surface area contributed by atoms with Crippen molar-refractivity contribution in [2.75, 3.05) is 18.9 Å². The van der Waals surface area contributed by atoms with E-state index >= 15 is 0 Å². The molecule has 20 heavy (non-hydrogen) atoms. The Hall–Kier alpha value is -2.77. The highest BCUT2D eigenvalue weighted by Crippen LogP contribution is 2.14. The number of hydrogen-bond donors (Lipinski definition) is 3. The van der Waals surface area contributed by atoms with Gasteiger partial charge in [0.25, 0.3) is 5.91 Å². The molecule has 0 aliphatic rings. The Bertz CT molecular complexity index is 504. The smallest absolute Gasteiger partial charge is 0.318 e. The van der Waals surface area contributed by atoms with Crippen molar-refractivity contribution in [2.45, 2.75) is 6.42 Å². The largest absolute Gasteiger partial charge is 0.493 e. The second-order valence-electron chi connectivity index (χ2n) is 3.74. The van der Waals surface area contributed by atoms with Gasteiger partial charge in [-0.25, -0.2) is 4.79 Å². The third-order valence-corrected chi connectivity index (χ3v) is 2.06. The van der Waals surface area contributed by atoms with E-state index in [-0.39, 0.29) is 13.0 Å². The number of imide groups is 1. The van der Waals surface area contributed by atoms with Gasteiger partial charge in [-0.2, -0.15) is 0 Å². The van der Waals surface area contributed by atoms with Gasteiger partial charge in [0.2, 0.25) is 0 Å². The van der Waals surface area contributed by atoms with Crippen molar-refractivity contribution in [2.24, 2.45) is 5.73 Å². The van der Waals surface area contributed by atoms with Gasteiger partial charge in [-0.1, -0.05) is 6.07 Å². The van der Waals surface area contributed by atoms with Gasteiger partial charge in [0, 0.05) is 11.8 Å². The zero-order chi connectivity index (χ0) is 15.0. The lowest BCUT2D eigenvalue weighted by atomic mass is 10.3. The Kier molecular flexibility index (Phi) is 5.82. The average molecular weight is 281 g/mol. The summed E-state index contributed by atoms with van der Waals surface area (Å²) >= 11 is 0. The van der Waals surface area contributed by atoms with Gasteiger partial charge in [0.1, 0.15) is 5.75 Å². The summed E-state index contributed by atoms with van der Waals surface area (Å²) in [5.74, 6) is -0.889. The molecule has 0 saturated heterocycles. The highest BCUT2D eigenvalue weighted by molar-refractivity contribution is 5.94. The summed E-state index contributed by atoms with van der Waals surface area (Å²) < 4.78 is 9.88. The Balaban J connectivity index is 2.20. The minimum absolute atomic E-state index is 0.0430. The molecular weight excluding hydrogens is 266 g/mol. The fourth-order valence-electron chi connectivity index (χ4n) is 1.25. The molecule has 0 aliphatic carbocycles. The molecule has 0 spiro atoms. The summed E-state index contributed by atoms with van der Waals surface area (Å²) in [4.78, 5) is 32.6. The van der Waals surface area contributed by atoms with E-state index in [9.17, 15) is 14.4 Å². The minimum atomic E-state index is -1.00. The number of nitrogens with two attached hydrogens (primary N) is 2. The van der Waals surface area contributed by atoms with Crippen LogP contribution in [0.2, 0.25) is 0 Å². The number of carbonyl (C=O) groups is 3. The number of carbonyl (C=O) groups excluding carboxylic acids is 3. The van der Waals surface area contributed by atoms with Gasteiger partial charge in [0.05, 0.1) is 13.0 Å². The molecule has 8 nitrogen and oxygen atoms in total. The average Bonchev–Trinajstić information content (AvgIpc) is 2.36. The van der Waals surface area contributed by atoms with Crippen LogP contribution in [0.4, 0.5) is 10.5 Å². The predicted octanol–water partition coefficient (Wildman–Crippen LogP) is -0.224. The normalized spacial score (nSPS) is 9.60. The molecule has 0 atom stereocenters. The Labute approximate surface area is 115 Å². The number of amides is 3. The Morgan fingerprint density at radius 1 is 1.25 bits per heavy atom. The zero-order valence-electron chi connectivity index (χ0n) is 10.6. The van der Waals surface area contributed by atoms with Crippen molar-refractivity contribution in [1.29, 1.82) is 0 Å². The van der Waals surface area contributed by atoms with E-state index in [2.05, 4.69) is 4.74 Å². The lowest BCUT2D eigenvalue weighted by Crippen LogP contribution is -2.37. The molecule has 0 saturated carbocycles. The second-order valence-corrected chi connectivity index (χ2v) is 3.74. The fourth-order valence-corrected chi connectivity index (χ4v) is 1.25. The predicted molar refractivity (Wildman–Crippen MR) is 69.7 cm³/mol. The second kappa shape index (κ2) is 7.62. The van der Waals surface area contributed by atoms with Crippen LogP contribution in [0.15, 0.2) is 24.3 Å². The molecule has 0 radical (unpaired) electrons. The van der Waals surface area contributed by atoms with Crippen LogP contribution in [-0.2, 0) is 14.3 Å². The zero-order valence-corrected chi connectivity index (χ0v) is 10.6. The minimum Gasteiger partial charge on any atom is -0.493 e. The molecule has 0 aliphatic heterocycles. The van der Waals surface area contributed by atoms with E-state index in [1.807, 2.05) is 0 Å². The van der Waals surface area contributed by atoms with Crippen molar-refractivity contribution in [1.82, 2.24) is 5.32 Å². The maximum Gasteiger partial charge on any atom is 0.318 e. The first kappa shape index (κ1) is 15.3. The van der Waals surface area contributed by atoms with E-state index in [4.69, 9.17) is 16.2 Å². The highest BCUT2D eigenvalue weighted by atomic mass is 16.5. The third kappa shape index (κ3) is 6.24. The molecular formula is C12H15N3O5. The number of hydrogen-bond acceptors (Lipinski definition) is 6. The third-order valence-electron chi connectivity index (χ3n) is 2.06. The van der Waals surface area contributed by atoms with E-state index < -0.39 is 24.5 Å². The first-order chi connectivity index (χ1) is 9.47. The number of esters is 1. The molecule has 0 heterocycles. The number of urea groups is 1. The molecule has 1 aromatic carbocycles. The van der Waals surface area contributed by atoms with Crippen molar-refractivity contribution in [3.05, 3.63) is 24.3 Å². The van der Waals surface area contributed by atoms with Crippen LogP contribution in [0.1, 0.15) is 6.42 Å². The van der Waals surface area contributed by atoms with Crippen LogP contribution >= 0.6 is 0 Å². The highest BCUT2D eigenvalue weighted by Gasteiger charge is 2.09. The molecule has 0 unspecified atom stereocenters. The molecule has 0 aromatic heterocycles. The number of anilines is 1. The molecule has 1 rings (SSSR count). The topological polar surface area (TPSA) is 134 Å². The number of ether oxygens (including phenoxy) is 2. The Morgan fingerprint density at radius 2 is 2.00 bits per heavy atom. The SMILES string of the molecule is NC(=O)NC(=O)COC(=O)CCOc1cccc(N)c1. The van der Waals surface area contributed by atoms with Crippen molar-refractivity contribution >= 4 is 23.6 Å². The summed E-state index contributed by atoms with van der Waals surface area (Å²) in [6, 6.07) is 5.74. The maximum absolute atomic E-state index is 11.3. The number of nitrogen functional groups attached to an aromatic ring is 1. The molecule has 0 bridgehead atoms. The quantitative estimate of drug-likeness (QED) is 0.487. The first-order valence-electron chi connectivity index (χ1n) is 5.70. The van der Waals surface area contributed by atoms with Gasteiger partial charge >= 0.3 is 12.0 Å². The first-order valence-corrected chi connectivity index (χ1v) is 5.70. The lowest BCUT2D eigenvalue weighted by molar-refractivity contribution is -0.148. The Morgan fingerprint density at radius 3 is 2.65 bits per heavy atom. The van der Waals surface area contributed by atoms with E-state index in [1.165, 1.54) is 0 Å². The van der Waals surface area contributed by atoms with Crippen LogP contribution in [0.3, 0.4) is 0 Å². The van der Waals surface area contributed by atoms with Crippen LogP contribution < -0.4 is 21.5 Å². The summed E-state index contributed by atoms with van der Waals surface area (Å²) in [7, 11) is 0. The molecule has 108 valence electrons. The van der Waals surface area contributed by atoms with Gasteiger partial charge in [0.15, 0.2) is 6.61 Å². The van der Waals surface area contributed by atoms with E-state index in [0.29, 0.717) is 11.4 Å². The van der Waals surface area contributed by atoms with Crippen LogP contribution in [0, 0.1) is 0 Å². The summed E-state index contributed by atoms with van der Waals surface area (Å²) in [5, 5.41) is 1.76. The maximum atomic E-state index is 11.3. The monoisotopic (exact) mass is 281 g/mol. The van der Waals surface area contributed by atoms with Crippen LogP contribution in [0.25, 0.3) is 0 Å². The summed E-state index contributed by atoms with van der Waals surface area (Å²) in [6.45, 7) is -0.486. The number of nitrogens with one attached hydrogen (secondary N) is 1. The van der Waals surface area contributed by atoms with E-state index in [0.717, 1.165) is 0 Å². The molecule has 8 heteroatoms. The van der Waals surface area contributed by atoms with Crippen LogP contribution in [0.5, 0.6) is 5.75 Å². The lowest BCUT2D eigenvalue weighted by Gasteiger charge is -2.07. The molecule has 1 aromatic rings. The van der Waals surface area contributed by atoms with Gasteiger partial charge in [-0.15, -0.1) is 0 Å². The molecule has 0 fully saturated rings. The van der Waals surface area contributed by atoms with Crippen LogP contribution in [-0.4, -0.2) is 31.1 Å². The standard InChI is InChI=1S/C12H15N3O5/c13-8-2-1-3-9(6-8)19-5-4-11(17)20-7-10(16)15-12(14)18/h1-3,6H,4-5,7,13H2,(H3,14,15,16,18). The summed E-state index contributed by atoms with van der Waals surface area (Å²) in [6.07, 6.45) is -0.0430. The number of rotatable bonds is 6. The van der Waals surface area contributed by atoms with Crippen molar-refractivity contribution < 1.29 is 23.9 Å². The van der Waals surface area contributed by atoms with Crippen molar-refractivity contribution in [3.63, 3.8) is 0 Å². The fraction of sp³-hybridized carbons (Fsp3) is 0.250. The molecule has 3 amide bonds. The number of benzene rings is 1. The summed E-state index contributed by atoms with van der Waals surface area (Å²) in [5.41, 5.74) is 10.8.